The monoisotopic (exact) mass is 297 g/mol. The van der Waals surface area contributed by atoms with Crippen LogP contribution >= 0.6 is 0 Å². The Morgan fingerprint density at radius 2 is 1.95 bits per heavy atom. The van der Waals surface area contributed by atoms with Crippen molar-refractivity contribution in [2.45, 2.75) is 33.7 Å². The Morgan fingerprint density at radius 1 is 1.32 bits per heavy atom. The minimum atomic E-state index is 0.231. The molecule has 0 spiro atoms. The first kappa shape index (κ1) is 14.8. The number of aryl methyl sites for hydroxylation is 1. The number of aromatic nitrogens is 2. The standard InChI is InChI=1S/C18H23N3O/c1-12-10-16(12)18(22)20(4)11-17-13(2)19-21(14(17)3)15-8-6-5-7-9-15/h5-9,12,16H,10-11H2,1-4H3/t12-,16+/m1/s1. The summed E-state index contributed by atoms with van der Waals surface area (Å²) in [7, 11) is 1.89. The summed E-state index contributed by atoms with van der Waals surface area (Å²) in [6.07, 6.45) is 1.03. The van der Waals surface area contributed by atoms with Crippen molar-refractivity contribution in [3.8, 4) is 5.69 Å². The van der Waals surface area contributed by atoms with Crippen molar-refractivity contribution in [2.24, 2.45) is 11.8 Å². The van der Waals surface area contributed by atoms with Crippen molar-refractivity contribution in [2.75, 3.05) is 7.05 Å². The van der Waals surface area contributed by atoms with Crippen LogP contribution in [0.2, 0.25) is 0 Å². The van der Waals surface area contributed by atoms with E-state index in [0.717, 1.165) is 29.1 Å². The molecule has 1 heterocycles. The van der Waals surface area contributed by atoms with Gasteiger partial charge in [0, 0.05) is 30.8 Å². The Balaban J connectivity index is 1.83. The molecule has 116 valence electrons. The highest BCUT2D eigenvalue weighted by atomic mass is 16.2. The van der Waals surface area contributed by atoms with Gasteiger partial charge in [0.2, 0.25) is 5.91 Å². The minimum Gasteiger partial charge on any atom is -0.341 e. The van der Waals surface area contributed by atoms with Crippen LogP contribution in [0.15, 0.2) is 30.3 Å². The zero-order valence-electron chi connectivity index (χ0n) is 13.7. The molecule has 0 aliphatic heterocycles. The second kappa shape index (κ2) is 5.59. The topological polar surface area (TPSA) is 38.1 Å². The summed E-state index contributed by atoms with van der Waals surface area (Å²) >= 11 is 0. The minimum absolute atomic E-state index is 0.231. The maximum atomic E-state index is 12.3. The molecule has 0 saturated heterocycles. The number of hydrogen-bond acceptors (Lipinski definition) is 2. The molecule has 22 heavy (non-hydrogen) atoms. The Hall–Kier alpha value is -2.10. The number of carbonyl (C=O) groups is 1. The summed E-state index contributed by atoms with van der Waals surface area (Å²) in [6, 6.07) is 10.1. The molecule has 4 nitrogen and oxygen atoms in total. The van der Waals surface area contributed by atoms with Gasteiger partial charge in [-0.3, -0.25) is 4.79 Å². The predicted octanol–water partition coefficient (Wildman–Crippen LogP) is 3.10. The molecular weight excluding hydrogens is 274 g/mol. The van der Waals surface area contributed by atoms with Gasteiger partial charge in [-0.2, -0.15) is 5.10 Å². The molecular formula is C18H23N3O. The number of hydrogen-bond donors (Lipinski definition) is 0. The third-order valence-corrected chi connectivity index (χ3v) is 4.64. The fraction of sp³-hybridized carbons (Fsp3) is 0.444. The maximum absolute atomic E-state index is 12.3. The van der Waals surface area contributed by atoms with Gasteiger partial charge in [0.25, 0.3) is 0 Å². The van der Waals surface area contributed by atoms with Gasteiger partial charge in [0.05, 0.1) is 11.4 Å². The zero-order valence-corrected chi connectivity index (χ0v) is 13.7. The third-order valence-electron chi connectivity index (χ3n) is 4.64. The Morgan fingerprint density at radius 3 is 2.55 bits per heavy atom. The molecule has 0 radical (unpaired) electrons. The van der Waals surface area contributed by atoms with E-state index in [0.29, 0.717) is 12.5 Å². The van der Waals surface area contributed by atoms with Gasteiger partial charge in [0.1, 0.15) is 0 Å². The van der Waals surface area contributed by atoms with Gasteiger partial charge in [-0.05, 0) is 38.3 Å². The normalized spacial score (nSPS) is 20.0. The van der Waals surface area contributed by atoms with E-state index in [1.165, 1.54) is 0 Å². The van der Waals surface area contributed by atoms with Crippen molar-refractivity contribution < 1.29 is 4.79 Å². The van der Waals surface area contributed by atoms with Crippen molar-refractivity contribution >= 4 is 5.91 Å². The Bertz CT molecular complexity index is 690. The molecule has 1 aliphatic carbocycles. The van der Waals surface area contributed by atoms with Crippen LogP contribution in [0.3, 0.4) is 0 Å². The number of rotatable bonds is 4. The molecule has 1 amide bonds. The zero-order chi connectivity index (χ0) is 15.9. The summed E-state index contributed by atoms with van der Waals surface area (Å²) in [6.45, 7) is 6.85. The lowest BCUT2D eigenvalue weighted by atomic mass is 10.1. The van der Waals surface area contributed by atoms with E-state index in [-0.39, 0.29) is 11.8 Å². The summed E-state index contributed by atoms with van der Waals surface area (Å²) in [5, 5.41) is 4.65. The van der Waals surface area contributed by atoms with Crippen molar-refractivity contribution in [1.82, 2.24) is 14.7 Å². The van der Waals surface area contributed by atoms with Gasteiger partial charge in [-0.15, -0.1) is 0 Å². The molecule has 1 aliphatic rings. The third kappa shape index (κ3) is 2.65. The van der Waals surface area contributed by atoms with Gasteiger partial charge >= 0.3 is 0 Å². The van der Waals surface area contributed by atoms with Crippen molar-refractivity contribution in [3.63, 3.8) is 0 Å². The van der Waals surface area contributed by atoms with Crippen LogP contribution in [0.25, 0.3) is 5.69 Å². The Labute approximate surface area is 131 Å². The molecule has 2 aromatic rings. The molecule has 0 N–H and O–H groups in total. The average Bonchev–Trinajstić information content (AvgIpc) is 3.19. The smallest absolute Gasteiger partial charge is 0.226 e. The highest BCUT2D eigenvalue weighted by Crippen LogP contribution is 2.39. The number of para-hydroxylation sites is 1. The molecule has 4 heteroatoms. The lowest BCUT2D eigenvalue weighted by Crippen LogP contribution is -2.28. The molecule has 2 atom stereocenters. The summed E-state index contributed by atoms with van der Waals surface area (Å²) in [5.41, 5.74) is 4.30. The van der Waals surface area contributed by atoms with E-state index in [4.69, 9.17) is 0 Å². The highest BCUT2D eigenvalue weighted by molar-refractivity contribution is 5.81. The van der Waals surface area contributed by atoms with Gasteiger partial charge in [-0.25, -0.2) is 4.68 Å². The van der Waals surface area contributed by atoms with Crippen LogP contribution < -0.4 is 0 Å². The SMILES string of the molecule is Cc1nn(-c2ccccc2)c(C)c1CN(C)C(=O)[C@H]1C[C@H]1C. The van der Waals surface area contributed by atoms with E-state index >= 15 is 0 Å². The van der Waals surface area contributed by atoms with Crippen LogP contribution in [0.5, 0.6) is 0 Å². The maximum Gasteiger partial charge on any atom is 0.226 e. The van der Waals surface area contributed by atoms with E-state index < -0.39 is 0 Å². The first-order valence-electron chi connectivity index (χ1n) is 7.84. The van der Waals surface area contributed by atoms with E-state index in [1.807, 2.05) is 53.9 Å². The lowest BCUT2D eigenvalue weighted by Gasteiger charge is -2.17. The average molecular weight is 297 g/mol. The molecule has 1 saturated carbocycles. The molecule has 1 aromatic carbocycles. The molecule has 1 fully saturated rings. The van der Waals surface area contributed by atoms with Gasteiger partial charge < -0.3 is 4.90 Å². The van der Waals surface area contributed by atoms with Crippen molar-refractivity contribution in [1.29, 1.82) is 0 Å². The first-order valence-corrected chi connectivity index (χ1v) is 7.84. The fourth-order valence-electron chi connectivity index (χ4n) is 2.99. The van der Waals surface area contributed by atoms with Crippen molar-refractivity contribution in [3.05, 3.63) is 47.3 Å². The quantitative estimate of drug-likeness (QED) is 0.869. The summed E-state index contributed by atoms with van der Waals surface area (Å²) in [5.74, 6) is 1.04. The molecule has 0 unspecified atom stereocenters. The van der Waals surface area contributed by atoms with Gasteiger partial charge in [0.15, 0.2) is 0 Å². The Kier molecular flexibility index (Phi) is 3.77. The predicted molar refractivity (Wildman–Crippen MR) is 86.8 cm³/mol. The van der Waals surface area contributed by atoms with Crippen LogP contribution in [0, 0.1) is 25.7 Å². The lowest BCUT2D eigenvalue weighted by molar-refractivity contribution is -0.132. The van der Waals surface area contributed by atoms with E-state index in [1.54, 1.807) is 0 Å². The number of amides is 1. The second-order valence-electron chi connectivity index (χ2n) is 6.41. The summed E-state index contributed by atoms with van der Waals surface area (Å²) < 4.78 is 1.96. The number of carbonyl (C=O) groups excluding carboxylic acids is 1. The second-order valence-corrected chi connectivity index (χ2v) is 6.41. The largest absolute Gasteiger partial charge is 0.341 e. The molecule has 1 aromatic heterocycles. The van der Waals surface area contributed by atoms with Crippen LogP contribution in [-0.2, 0) is 11.3 Å². The van der Waals surface area contributed by atoms with E-state index in [9.17, 15) is 4.79 Å². The molecule has 3 rings (SSSR count). The van der Waals surface area contributed by atoms with E-state index in [2.05, 4.69) is 18.9 Å². The molecule has 0 bridgehead atoms. The highest BCUT2D eigenvalue weighted by Gasteiger charge is 2.40. The number of nitrogens with zero attached hydrogens (tertiary/aromatic N) is 3. The first-order chi connectivity index (χ1) is 10.5. The summed E-state index contributed by atoms with van der Waals surface area (Å²) in [4.78, 5) is 14.2. The number of benzene rings is 1. The van der Waals surface area contributed by atoms with Gasteiger partial charge in [-0.1, -0.05) is 25.1 Å². The van der Waals surface area contributed by atoms with Crippen LogP contribution in [0.4, 0.5) is 0 Å². The fourth-order valence-corrected chi connectivity index (χ4v) is 2.99. The van der Waals surface area contributed by atoms with Crippen LogP contribution in [0.1, 0.15) is 30.3 Å². The van der Waals surface area contributed by atoms with Crippen LogP contribution in [-0.4, -0.2) is 27.6 Å².